The van der Waals surface area contributed by atoms with Crippen molar-refractivity contribution in [2.45, 2.75) is 6.42 Å². The van der Waals surface area contributed by atoms with Crippen molar-refractivity contribution in [3.05, 3.63) is 71.5 Å². The Morgan fingerprint density at radius 3 is 2.43 bits per heavy atom. The smallest absolute Gasteiger partial charge is 0.265 e. The third-order valence-electron chi connectivity index (χ3n) is 3.71. The van der Waals surface area contributed by atoms with Crippen LogP contribution in [0.25, 0.3) is 11.4 Å². The first kappa shape index (κ1) is 14.9. The monoisotopic (exact) mass is 307 g/mol. The molecule has 0 aliphatic rings. The molecule has 3 N–H and O–H groups in total. The third-order valence-corrected chi connectivity index (χ3v) is 3.71. The number of carbonyl (C=O) groups excluding carboxylic acids is 1. The highest BCUT2D eigenvalue weighted by molar-refractivity contribution is 5.93. The molecular formula is C17H17N5O. The lowest BCUT2D eigenvalue weighted by atomic mass is 10.1. The third kappa shape index (κ3) is 3.12. The van der Waals surface area contributed by atoms with E-state index in [4.69, 9.17) is 5.84 Å². The molecule has 0 bridgehead atoms. The van der Waals surface area contributed by atoms with E-state index in [1.165, 1.54) is 0 Å². The van der Waals surface area contributed by atoms with Gasteiger partial charge in [0.05, 0.1) is 0 Å². The molecule has 0 atom stereocenters. The molecule has 0 radical (unpaired) electrons. The van der Waals surface area contributed by atoms with Crippen molar-refractivity contribution >= 4 is 5.91 Å². The number of nitrogens with one attached hydrogen (secondary N) is 1. The minimum Gasteiger partial charge on any atom is -0.314 e. The summed E-state index contributed by atoms with van der Waals surface area (Å²) in [6.07, 6.45) is 0.640. The lowest BCUT2D eigenvalue weighted by Crippen LogP contribution is -2.29. The molecule has 1 amide bonds. The highest BCUT2D eigenvalue weighted by Gasteiger charge is 2.11. The summed E-state index contributed by atoms with van der Waals surface area (Å²) in [5, 5.41) is 8.55. The van der Waals surface area contributed by atoms with E-state index in [9.17, 15) is 4.79 Å². The van der Waals surface area contributed by atoms with E-state index in [1.54, 1.807) is 12.1 Å². The minimum atomic E-state index is -0.304. The van der Waals surface area contributed by atoms with Crippen molar-refractivity contribution in [3.8, 4) is 11.4 Å². The van der Waals surface area contributed by atoms with Crippen molar-refractivity contribution in [1.82, 2.24) is 20.2 Å². The Bertz CT molecular complexity index is 809. The second-order valence-corrected chi connectivity index (χ2v) is 5.21. The zero-order chi connectivity index (χ0) is 16.2. The van der Waals surface area contributed by atoms with E-state index in [1.807, 2.05) is 54.1 Å². The first-order valence-electron chi connectivity index (χ1n) is 7.22. The molecule has 0 aliphatic heterocycles. The summed E-state index contributed by atoms with van der Waals surface area (Å²) in [5.74, 6) is 6.51. The highest BCUT2D eigenvalue weighted by atomic mass is 16.2. The molecule has 6 nitrogen and oxygen atoms in total. The van der Waals surface area contributed by atoms with Crippen LogP contribution in [0.3, 0.4) is 0 Å². The Hall–Kier alpha value is -2.99. The minimum absolute atomic E-state index is 0.304. The molecule has 0 saturated heterocycles. The van der Waals surface area contributed by atoms with Crippen LogP contribution in [-0.2, 0) is 13.5 Å². The van der Waals surface area contributed by atoms with Crippen molar-refractivity contribution in [1.29, 1.82) is 0 Å². The van der Waals surface area contributed by atoms with Gasteiger partial charge in [-0.05, 0) is 17.7 Å². The van der Waals surface area contributed by atoms with Gasteiger partial charge in [-0.2, -0.15) is 0 Å². The topological polar surface area (TPSA) is 85.8 Å². The maximum absolute atomic E-state index is 11.4. The summed E-state index contributed by atoms with van der Waals surface area (Å²) >= 11 is 0. The predicted octanol–water partition coefficient (Wildman–Crippen LogP) is 1.68. The first-order valence-corrected chi connectivity index (χ1v) is 7.22. The van der Waals surface area contributed by atoms with Gasteiger partial charge in [-0.1, -0.05) is 42.5 Å². The molecule has 116 valence electrons. The average molecular weight is 307 g/mol. The van der Waals surface area contributed by atoms with Gasteiger partial charge in [-0.25, -0.2) is 5.84 Å². The molecule has 23 heavy (non-hydrogen) atoms. The second kappa shape index (κ2) is 6.41. The molecule has 1 aromatic heterocycles. The summed E-state index contributed by atoms with van der Waals surface area (Å²) in [6.45, 7) is 0. The summed E-state index contributed by atoms with van der Waals surface area (Å²) in [6, 6.07) is 17.2. The van der Waals surface area contributed by atoms with E-state index < -0.39 is 0 Å². The first-order chi connectivity index (χ1) is 11.2. The zero-order valence-electron chi connectivity index (χ0n) is 12.7. The molecule has 1 heterocycles. The van der Waals surface area contributed by atoms with Crippen LogP contribution < -0.4 is 11.3 Å². The number of nitrogens with zero attached hydrogens (tertiary/aromatic N) is 3. The van der Waals surface area contributed by atoms with Gasteiger partial charge in [0.25, 0.3) is 5.91 Å². The normalized spacial score (nSPS) is 10.5. The van der Waals surface area contributed by atoms with Gasteiger partial charge < -0.3 is 4.57 Å². The molecule has 0 spiro atoms. The number of benzene rings is 2. The fourth-order valence-electron chi connectivity index (χ4n) is 2.39. The number of rotatable bonds is 4. The standard InChI is InChI=1S/C17H17N5O/c1-22-15(20-21-16(22)13-5-3-2-4-6-13)11-12-7-9-14(10-8-12)17(23)19-18/h2-10H,11,18H2,1H3,(H,19,23). The van der Waals surface area contributed by atoms with Crippen LogP contribution in [-0.4, -0.2) is 20.7 Å². The van der Waals surface area contributed by atoms with Gasteiger partial charge in [0.2, 0.25) is 0 Å². The van der Waals surface area contributed by atoms with Crippen LogP contribution in [0.2, 0.25) is 0 Å². The summed E-state index contributed by atoms with van der Waals surface area (Å²) in [7, 11) is 1.95. The number of hydrazine groups is 1. The summed E-state index contributed by atoms with van der Waals surface area (Å²) in [4.78, 5) is 11.4. The van der Waals surface area contributed by atoms with E-state index >= 15 is 0 Å². The number of aromatic nitrogens is 3. The number of amides is 1. The maximum atomic E-state index is 11.4. The van der Waals surface area contributed by atoms with Crippen LogP contribution in [0.1, 0.15) is 21.7 Å². The number of hydrogen-bond acceptors (Lipinski definition) is 4. The van der Waals surface area contributed by atoms with Crippen LogP contribution >= 0.6 is 0 Å². The van der Waals surface area contributed by atoms with E-state index in [0.717, 1.165) is 22.8 Å². The predicted molar refractivity (Wildman–Crippen MR) is 87.3 cm³/mol. The summed E-state index contributed by atoms with van der Waals surface area (Å²) < 4.78 is 1.98. The molecule has 3 rings (SSSR count). The van der Waals surface area contributed by atoms with E-state index in [0.29, 0.717) is 12.0 Å². The molecule has 2 aromatic carbocycles. The van der Waals surface area contributed by atoms with Crippen molar-refractivity contribution in [3.63, 3.8) is 0 Å². The van der Waals surface area contributed by atoms with Gasteiger partial charge in [-0.15, -0.1) is 10.2 Å². The summed E-state index contributed by atoms with van der Waals surface area (Å²) in [5.41, 5.74) is 4.72. The number of carbonyl (C=O) groups is 1. The molecule has 3 aromatic rings. The Morgan fingerprint density at radius 1 is 1.09 bits per heavy atom. The Kier molecular flexibility index (Phi) is 4.16. The molecule has 0 saturated carbocycles. The second-order valence-electron chi connectivity index (χ2n) is 5.21. The molecule has 0 unspecified atom stereocenters. The Labute approximate surface area is 133 Å². The Balaban J connectivity index is 1.81. The molecule has 0 fully saturated rings. The number of hydrogen-bond donors (Lipinski definition) is 2. The zero-order valence-corrected chi connectivity index (χ0v) is 12.7. The molecule has 0 aliphatic carbocycles. The maximum Gasteiger partial charge on any atom is 0.265 e. The van der Waals surface area contributed by atoms with E-state index in [-0.39, 0.29) is 5.91 Å². The van der Waals surface area contributed by atoms with Gasteiger partial charge in [-0.3, -0.25) is 10.2 Å². The van der Waals surface area contributed by atoms with Crippen LogP contribution in [0.5, 0.6) is 0 Å². The van der Waals surface area contributed by atoms with Crippen molar-refractivity contribution in [2.75, 3.05) is 0 Å². The van der Waals surface area contributed by atoms with Crippen LogP contribution in [0, 0.1) is 0 Å². The average Bonchev–Trinajstić information content (AvgIpc) is 2.96. The number of nitrogens with two attached hydrogens (primary N) is 1. The SMILES string of the molecule is Cn1c(Cc2ccc(C(=O)NN)cc2)nnc1-c1ccccc1. The molecule has 6 heteroatoms. The van der Waals surface area contributed by atoms with Gasteiger partial charge >= 0.3 is 0 Å². The van der Waals surface area contributed by atoms with E-state index in [2.05, 4.69) is 15.6 Å². The van der Waals surface area contributed by atoms with Gasteiger partial charge in [0.1, 0.15) is 5.82 Å². The largest absolute Gasteiger partial charge is 0.314 e. The number of nitrogen functional groups attached to an aromatic ring is 1. The van der Waals surface area contributed by atoms with Crippen molar-refractivity contribution < 1.29 is 4.79 Å². The van der Waals surface area contributed by atoms with Crippen LogP contribution in [0.4, 0.5) is 0 Å². The van der Waals surface area contributed by atoms with Gasteiger partial charge in [0.15, 0.2) is 5.82 Å². The Morgan fingerprint density at radius 2 is 1.78 bits per heavy atom. The fourth-order valence-corrected chi connectivity index (χ4v) is 2.39. The highest BCUT2D eigenvalue weighted by Crippen LogP contribution is 2.18. The van der Waals surface area contributed by atoms with Crippen molar-refractivity contribution in [2.24, 2.45) is 12.9 Å². The van der Waals surface area contributed by atoms with Gasteiger partial charge in [0, 0.05) is 24.6 Å². The lowest BCUT2D eigenvalue weighted by Gasteiger charge is -2.05. The molecular weight excluding hydrogens is 290 g/mol. The van der Waals surface area contributed by atoms with Crippen LogP contribution in [0.15, 0.2) is 54.6 Å². The fraction of sp³-hybridized carbons (Fsp3) is 0.118. The lowest BCUT2D eigenvalue weighted by molar-refractivity contribution is 0.0953. The quantitative estimate of drug-likeness (QED) is 0.436.